The van der Waals surface area contributed by atoms with Crippen molar-refractivity contribution in [3.05, 3.63) is 46.7 Å². The lowest BCUT2D eigenvalue weighted by Crippen LogP contribution is -2.01. The first-order valence-corrected chi connectivity index (χ1v) is 5.49. The van der Waals surface area contributed by atoms with Crippen LogP contribution in [0.25, 0.3) is 0 Å². The van der Waals surface area contributed by atoms with Crippen molar-refractivity contribution in [3.63, 3.8) is 0 Å². The second-order valence-electron chi connectivity index (χ2n) is 3.34. The molecule has 1 aromatic carbocycles. The van der Waals surface area contributed by atoms with Crippen LogP contribution >= 0.6 is 15.9 Å². The molecule has 0 atom stereocenters. The molecule has 0 unspecified atom stereocenters. The summed E-state index contributed by atoms with van der Waals surface area (Å²) in [6.07, 6.45) is 3.98. The fourth-order valence-electron chi connectivity index (χ4n) is 1.37. The number of benzene rings is 1. The van der Waals surface area contributed by atoms with Gasteiger partial charge in [-0.1, -0.05) is 28.1 Å². The Morgan fingerprint density at radius 2 is 2.00 bits per heavy atom. The van der Waals surface area contributed by atoms with Gasteiger partial charge in [0.1, 0.15) is 0 Å². The first-order valence-electron chi connectivity index (χ1n) is 4.70. The van der Waals surface area contributed by atoms with Crippen molar-refractivity contribution in [2.24, 2.45) is 0 Å². The largest absolute Gasteiger partial charge is 0.505 e. The summed E-state index contributed by atoms with van der Waals surface area (Å²) < 4.78 is 2.82. The number of halogens is 1. The van der Waals surface area contributed by atoms with Crippen LogP contribution in [0.1, 0.15) is 5.56 Å². The Morgan fingerprint density at radius 3 is 2.60 bits per heavy atom. The highest BCUT2D eigenvalue weighted by molar-refractivity contribution is 9.10. The van der Waals surface area contributed by atoms with Crippen molar-refractivity contribution in [2.75, 3.05) is 0 Å². The molecule has 1 N–H and O–H groups in total. The molecule has 1 aromatic heterocycles. The third-order valence-corrected chi connectivity index (χ3v) is 2.69. The molecule has 4 heteroatoms. The molecule has 0 spiro atoms. The number of hydrogen-bond donors (Lipinski definition) is 1. The molecular formula is C11H11BrN2O. The normalized spacial score (nSPS) is 10.5. The molecule has 0 bridgehead atoms. The second kappa shape index (κ2) is 4.49. The molecule has 0 aliphatic carbocycles. The van der Waals surface area contributed by atoms with Gasteiger partial charge in [-0.25, -0.2) is 0 Å². The zero-order valence-electron chi connectivity index (χ0n) is 8.10. The van der Waals surface area contributed by atoms with E-state index in [1.165, 1.54) is 11.8 Å². The first-order chi connectivity index (χ1) is 7.24. The van der Waals surface area contributed by atoms with E-state index in [-0.39, 0.29) is 5.75 Å². The maximum atomic E-state index is 9.10. The van der Waals surface area contributed by atoms with E-state index < -0.39 is 0 Å². The van der Waals surface area contributed by atoms with Gasteiger partial charge in [-0.3, -0.25) is 4.68 Å². The van der Waals surface area contributed by atoms with E-state index in [1.807, 2.05) is 12.1 Å². The van der Waals surface area contributed by atoms with E-state index in [0.717, 1.165) is 17.4 Å². The number of aromatic nitrogens is 2. The summed E-state index contributed by atoms with van der Waals surface area (Å²) in [4.78, 5) is 0. The number of hydrogen-bond acceptors (Lipinski definition) is 2. The van der Waals surface area contributed by atoms with E-state index in [2.05, 4.69) is 33.2 Å². The van der Waals surface area contributed by atoms with Crippen LogP contribution in [0, 0.1) is 0 Å². The summed E-state index contributed by atoms with van der Waals surface area (Å²) in [5.74, 6) is 0.214. The van der Waals surface area contributed by atoms with Gasteiger partial charge in [-0.05, 0) is 24.1 Å². The van der Waals surface area contributed by atoms with Crippen LogP contribution in [0.2, 0.25) is 0 Å². The Hall–Kier alpha value is -1.29. The molecule has 2 rings (SSSR count). The molecule has 2 aromatic rings. The van der Waals surface area contributed by atoms with Crippen LogP contribution in [0.4, 0.5) is 0 Å². The molecule has 0 radical (unpaired) electrons. The highest BCUT2D eigenvalue weighted by Gasteiger charge is 1.97. The van der Waals surface area contributed by atoms with E-state index >= 15 is 0 Å². The van der Waals surface area contributed by atoms with Gasteiger partial charge in [-0.2, -0.15) is 5.10 Å². The van der Waals surface area contributed by atoms with Crippen LogP contribution in [-0.2, 0) is 13.0 Å². The molecule has 3 nitrogen and oxygen atoms in total. The maximum absolute atomic E-state index is 9.10. The van der Waals surface area contributed by atoms with Crippen molar-refractivity contribution < 1.29 is 5.11 Å². The molecule has 0 aliphatic rings. The van der Waals surface area contributed by atoms with E-state index in [1.54, 1.807) is 10.9 Å². The van der Waals surface area contributed by atoms with E-state index in [0.29, 0.717) is 0 Å². The third-order valence-electron chi connectivity index (χ3n) is 2.16. The lowest BCUT2D eigenvalue weighted by atomic mass is 10.1. The number of nitrogens with zero attached hydrogens (tertiary/aromatic N) is 2. The van der Waals surface area contributed by atoms with Crippen LogP contribution in [0.5, 0.6) is 5.75 Å². The topological polar surface area (TPSA) is 38.1 Å². The lowest BCUT2D eigenvalue weighted by molar-refractivity contribution is 0.473. The van der Waals surface area contributed by atoms with Crippen LogP contribution < -0.4 is 0 Å². The summed E-state index contributed by atoms with van der Waals surface area (Å²) in [6, 6.07) is 8.20. The predicted octanol–water partition coefficient (Wildman–Crippen LogP) is 2.59. The molecule has 15 heavy (non-hydrogen) atoms. The molecule has 0 saturated heterocycles. The summed E-state index contributed by atoms with van der Waals surface area (Å²) in [5, 5.41) is 13.1. The minimum Gasteiger partial charge on any atom is -0.505 e. The molecular weight excluding hydrogens is 256 g/mol. The Labute approximate surface area is 96.5 Å². The fourth-order valence-corrected chi connectivity index (χ4v) is 1.63. The number of rotatable bonds is 3. The van der Waals surface area contributed by atoms with E-state index in [4.69, 9.17) is 5.11 Å². The van der Waals surface area contributed by atoms with Gasteiger partial charge < -0.3 is 5.11 Å². The molecule has 0 aliphatic heterocycles. The molecule has 0 fully saturated rings. The first kappa shape index (κ1) is 10.2. The summed E-state index contributed by atoms with van der Waals surface area (Å²) >= 11 is 3.39. The molecule has 1 heterocycles. The zero-order valence-corrected chi connectivity index (χ0v) is 9.68. The SMILES string of the molecule is Oc1cnn(CCc2ccc(Br)cc2)c1. The average Bonchev–Trinajstić information content (AvgIpc) is 2.64. The summed E-state index contributed by atoms with van der Waals surface area (Å²) in [5.41, 5.74) is 1.26. The summed E-state index contributed by atoms with van der Waals surface area (Å²) in [7, 11) is 0. The van der Waals surface area contributed by atoms with E-state index in [9.17, 15) is 0 Å². The van der Waals surface area contributed by atoms with Crippen molar-refractivity contribution in [1.82, 2.24) is 9.78 Å². The molecule has 78 valence electrons. The number of aromatic hydroxyl groups is 1. The molecule has 0 saturated carbocycles. The summed E-state index contributed by atoms with van der Waals surface area (Å²) in [6.45, 7) is 0.780. The van der Waals surface area contributed by atoms with Crippen molar-refractivity contribution in [1.29, 1.82) is 0 Å². The Kier molecular flexibility index (Phi) is 3.06. The third kappa shape index (κ3) is 2.83. The van der Waals surface area contributed by atoms with Gasteiger partial charge in [0.15, 0.2) is 5.75 Å². The quantitative estimate of drug-likeness (QED) is 0.928. The predicted molar refractivity (Wildman–Crippen MR) is 61.7 cm³/mol. The minimum atomic E-state index is 0.214. The average molecular weight is 267 g/mol. The minimum absolute atomic E-state index is 0.214. The highest BCUT2D eigenvalue weighted by Crippen LogP contribution is 2.12. The van der Waals surface area contributed by atoms with Crippen LogP contribution in [-0.4, -0.2) is 14.9 Å². The highest BCUT2D eigenvalue weighted by atomic mass is 79.9. The van der Waals surface area contributed by atoms with Gasteiger partial charge in [0.2, 0.25) is 0 Å². The molecule has 0 amide bonds. The van der Waals surface area contributed by atoms with Gasteiger partial charge in [0, 0.05) is 11.0 Å². The van der Waals surface area contributed by atoms with Gasteiger partial charge in [0.05, 0.1) is 12.4 Å². The Balaban J connectivity index is 1.96. The van der Waals surface area contributed by atoms with Gasteiger partial charge in [-0.15, -0.1) is 0 Å². The maximum Gasteiger partial charge on any atom is 0.153 e. The Bertz CT molecular complexity index is 436. The van der Waals surface area contributed by atoms with Crippen molar-refractivity contribution in [3.8, 4) is 5.75 Å². The van der Waals surface area contributed by atoms with Gasteiger partial charge in [0.25, 0.3) is 0 Å². The second-order valence-corrected chi connectivity index (χ2v) is 4.25. The van der Waals surface area contributed by atoms with Gasteiger partial charge >= 0.3 is 0 Å². The standard InChI is InChI=1S/C11H11BrN2O/c12-10-3-1-9(2-4-10)5-6-14-8-11(15)7-13-14/h1-4,7-8,15H,5-6H2. The van der Waals surface area contributed by atoms with Crippen molar-refractivity contribution in [2.45, 2.75) is 13.0 Å². The van der Waals surface area contributed by atoms with Crippen molar-refractivity contribution >= 4 is 15.9 Å². The fraction of sp³-hybridized carbons (Fsp3) is 0.182. The monoisotopic (exact) mass is 266 g/mol. The zero-order chi connectivity index (χ0) is 10.7. The van der Waals surface area contributed by atoms with Crippen LogP contribution in [0.3, 0.4) is 0 Å². The van der Waals surface area contributed by atoms with Crippen LogP contribution in [0.15, 0.2) is 41.1 Å². The smallest absolute Gasteiger partial charge is 0.153 e. The lowest BCUT2D eigenvalue weighted by Gasteiger charge is -2.01. The Morgan fingerprint density at radius 1 is 1.27 bits per heavy atom. The number of aryl methyl sites for hydroxylation is 2.